The van der Waals surface area contributed by atoms with Crippen LogP contribution in [-0.2, 0) is 11.3 Å². The van der Waals surface area contributed by atoms with Gasteiger partial charge in [-0.25, -0.2) is 4.99 Å². The molecule has 4 nitrogen and oxygen atoms in total. The predicted octanol–water partition coefficient (Wildman–Crippen LogP) is 3.16. The third-order valence-corrected chi connectivity index (χ3v) is 2.95. The van der Waals surface area contributed by atoms with Crippen LogP contribution in [0.3, 0.4) is 0 Å². The minimum absolute atomic E-state index is 0. The molecule has 0 aliphatic heterocycles. The molecule has 1 unspecified atom stereocenters. The average molecular weight is 456 g/mol. The lowest BCUT2D eigenvalue weighted by molar-refractivity contribution is 0.179. The molecular weight excluding hydrogens is 433 g/mol. The average Bonchev–Trinajstić information content (AvgIpc) is 2.36. The van der Waals surface area contributed by atoms with E-state index >= 15 is 0 Å². The lowest BCUT2D eigenvalue weighted by Crippen LogP contribution is -2.43. The maximum Gasteiger partial charge on any atom is 0.191 e. The fourth-order valence-corrected chi connectivity index (χ4v) is 2.10. The highest BCUT2D eigenvalue weighted by Crippen LogP contribution is 2.12. The number of methoxy groups -OCH3 is 1. The number of halogens is 2. The maximum absolute atomic E-state index is 5.11. The van der Waals surface area contributed by atoms with Gasteiger partial charge in [-0.3, -0.25) is 0 Å². The maximum atomic E-state index is 5.11. The zero-order chi connectivity index (χ0) is 14.1. The Morgan fingerprint density at radius 1 is 1.45 bits per heavy atom. The highest BCUT2D eigenvalue weighted by atomic mass is 127. The molecule has 0 aliphatic rings. The summed E-state index contributed by atoms with van der Waals surface area (Å²) in [4.78, 5) is 4.57. The Morgan fingerprint density at radius 3 is 2.80 bits per heavy atom. The number of hydrogen-bond donors (Lipinski definition) is 2. The summed E-state index contributed by atoms with van der Waals surface area (Å²) in [7, 11) is 1.70. The van der Waals surface area contributed by atoms with Gasteiger partial charge in [0.2, 0.25) is 0 Å². The predicted molar refractivity (Wildman–Crippen MR) is 98.8 cm³/mol. The van der Waals surface area contributed by atoms with Crippen molar-refractivity contribution >= 4 is 45.9 Å². The van der Waals surface area contributed by atoms with Gasteiger partial charge in [0.1, 0.15) is 0 Å². The number of aliphatic imine (C=N–C) groups is 1. The van der Waals surface area contributed by atoms with E-state index in [-0.39, 0.29) is 30.0 Å². The van der Waals surface area contributed by atoms with Crippen molar-refractivity contribution in [1.82, 2.24) is 10.6 Å². The van der Waals surface area contributed by atoms with Crippen LogP contribution in [-0.4, -0.2) is 32.3 Å². The van der Waals surface area contributed by atoms with Gasteiger partial charge in [-0.15, -0.1) is 24.0 Å². The Labute approximate surface area is 146 Å². The SMILES string of the molecule is CCNC(=NCc1cccc(Br)c1)NC(C)COC.I. The normalized spacial score (nSPS) is 12.5. The molecule has 20 heavy (non-hydrogen) atoms. The third kappa shape index (κ3) is 8.06. The molecular formula is C14H23BrIN3O. The van der Waals surface area contributed by atoms with Crippen LogP contribution in [0.1, 0.15) is 19.4 Å². The number of guanidine groups is 1. The van der Waals surface area contributed by atoms with E-state index < -0.39 is 0 Å². The van der Waals surface area contributed by atoms with Crippen LogP contribution in [0.4, 0.5) is 0 Å². The molecule has 0 aliphatic carbocycles. The van der Waals surface area contributed by atoms with Gasteiger partial charge < -0.3 is 15.4 Å². The van der Waals surface area contributed by atoms with Crippen molar-refractivity contribution in [1.29, 1.82) is 0 Å². The number of benzene rings is 1. The highest BCUT2D eigenvalue weighted by Gasteiger charge is 2.04. The Bertz CT molecular complexity index is 415. The minimum atomic E-state index is 0. The van der Waals surface area contributed by atoms with Gasteiger partial charge >= 0.3 is 0 Å². The summed E-state index contributed by atoms with van der Waals surface area (Å²) >= 11 is 3.46. The van der Waals surface area contributed by atoms with Crippen molar-refractivity contribution in [2.45, 2.75) is 26.4 Å². The monoisotopic (exact) mass is 455 g/mol. The Balaban J connectivity index is 0.00000361. The van der Waals surface area contributed by atoms with Gasteiger partial charge in [-0.1, -0.05) is 28.1 Å². The van der Waals surface area contributed by atoms with E-state index in [4.69, 9.17) is 4.74 Å². The molecule has 0 radical (unpaired) electrons. The zero-order valence-electron chi connectivity index (χ0n) is 12.1. The number of nitrogens with one attached hydrogen (secondary N) is 2. The molecule has 0 bridgehead atoms. The fraction of sp³-hybridized carbons (Fsp3) is 0.500. The lowest BCUT2D eigenvalue weighted by Gasteiger charge is -2.17. The second-order valence-electron chi connectivity index (χ2n) is 4.33. The molecule has 0 fully saturated rings. The molecule has 0 saturated carbocycles. The molecule has 0 amide bonds. The van der Waals surface area contributed by atoms with Crippen molar-refractivity contribution < 1.29 is 4.74 Å². The summed E-state index contributed by atoms with van der Waals surface area (Å²) in [5.74, 6) is 0.812. The zero-order valence-corrected chi connectivity index (χ0v) is 16.1. The molecule has 114 valence electrons. The fourth-order valence-electron chi connectivity index (χ4n) is 1.65. The van der Waals surface area contributed by atoms with E-state index in [1.807, 2.05) is 12.1 Å². The summed E-state index contributed by atoms with van der Waals surface area (Å²) in [5, 5.41) is 6.53. The molecule has 1 aromatic carbocycles. The Morgan fingerprint density at radius 2 is 2.20 bits per heavy atom. The van der Waals surface area contributed by atoms with Crippen molar-refractivity contribution in [2.75, 3.05) is 20.3 Å². The largest absolute Gasteiger partial charge is 0.383 e. The van der Waals surface area contributed by atoms with Crippen molar-refractivity contribution in [3.8, 4) is 0 Å². The molecule has 0 spiro atoms. The van der Waals surface area contributed by atoms with Crippen molar-refractivity contribution in [3.63, 3.8) is 0 Å². The van der Waals surface area contributed by atoms with Gasteiger partial charge in [-0.2, -0.15) is 0 Å². The quantitative estimate of drug-likeness (QED) is 0.393. The van der Waals surface area contributed by atoms with Crippen molar-refractivity contribution in [3.05, 3.63) is 34.3 Å². The summed E-state index contributed by atoms with van der Waals surface area (Å²) in [6, 6.07) is 8.40. The Kier molecular flexibility index (Phi) is 11.1. The van der Waals surface area contributed by atoms with Crippen LogP contribution >= 0.6 is 39.9 Å². The van der Waals surface area contributed by atoms with E-state index in [1.54, 1.807) is 7.11 Å². The molecule has 0 saturated heterocycles. The molecule has 1 rings (SSSR count). The topological polar surface area (TPSA) is 45.7 Å². The van der Waals surface area contributed by atoms with E-state index in [0.29, 0.717) is 13.2 Å². The number of nitrogens with zero attached hydrogens (tertiary/aromatic N) is 1. The summed E-state index contributed by atoms with van der Waals surface area (Å²) in [6.45, 7) is 6.26. The van der Waals surface area contributed by atoms with Crippen LogP contribution in [0, 0.1) is 0 Å². The smallest absolute Gasteiger partial charge is 0.191 e. The van der Waals surface area contributed by atoms with Crippen LogP contribution in [0.15, 0.2) is 33.7 Å². The first-order chi connectivity index (χ1) is 9.15. The minimum Gasteiger partial charge on any atom is -0.383 e. The van der Waals surface area contributed by atoms with Gasteiger partial charge in [0.15, 0.2) is 5.96 Å². The third-order valence-electron chi connectivity index (χ3n) is 2.45. The highest BCUT2D eigenvalue weighted by molar-refractivity contribution is 14.0. The van der Waals surface area contributed by atoms with E-state index in [9.17, 15) is 0 Å². The number of ether oxygens (including phenoxy) is 1. The summed E-state index contributed by atoms with van der Waals surface area (Å²) in [5.41, 5.74) is 1.17. The van der Waals surface area contributed by atoms with E-state index in [2.05, 4.69) is 57.5 Å². The van der Waals surface area contributed by atoms with Crippen LogP contribution in [0.5, 0.6) is 0 Å². The number of hydrogen-bond acceptors (Lipinski definition) is 2. The lowest BCUT2D eigenvalue weighted by atomic mass is 10.2. The summed E-state index contributed by atoms with van der Waals surface area (Å²) in [6.07, 6.45) is 0. The number of rotatable bonds is 6. The first-order valence-electron chi connectivity index (χ1n) is 6.44. The van der Waals surface area contributed by atoms with Gasteiger partial charge in [0, 0.05) is 24.2 Å². The molecule has 0 heterocycles. The Hall–Kier alpha value is -0.340. The van der Waals surface area contributed by atoms with Gasteiger partial charge in [0.25, 0.3) is 0 Å². The van der Waals surface area contributed by atoms with Crippen LogP contribution < -0.4 is 10.6 Å². The second-order valence-corrected chi connectivity index (χ2v) is 5.24. The second kappa shape index (κ2) is 11.3. The standard InChI is InChI=1S/C14H22BrN3O.HI/c1-4-16-14(18-11(2)10-19-3)17-9-12-6-5-7-13(15)8-12;/h5-8,11H,4,9-10H2,1-3H3,(H2,16,17,18);1H. The van der Waals surface area contributed by atoms with Gasteiger partial charge in [-0.05, 0) is 31.5 Å². The van der Waals surface area contributed by atoms with Crippen LogP contribution in [0.2, 0.25) is 0 Å². The van der Waals surface area contributed by atoms with E-state index in [1.165, 1.54) is 5.56 Å². The van der Waals surface area contributed by atoms with E-state index in [0.717, 1.165) is 17.0 Å². The molecule has 6 heteroatoms. The summed E-state index contributed by atoms with van der Waals surface area (Å²) < 4.78 is 6.18. The molecule has 1 atom stereocenters. The molecule has 2 N–H and O–H groups in total. The molecule has 0 aromatic heterocycles. The van der Waals surface area contributed by atoms with Crippen molar-refractivity contribution in [2.24, 2.45) is 4.99 Å². The van der Waals surface area contributed by atoms with Gasteiger partial charge in [0.05, 0.1) is 13.2 Å². The molecule has 1 aromatic rings. The first-order valence-corrected chi connectivity index (χ1v) is 7.23. The van der Waals surface area contributed by atoms with Crippen LogP contribution in [0.25, 0.3) is 0 Å². The first kappa shape index (κ1) is 19.7.